The second-order valence-electron chi connectivity index (χ2n) is 7.34. The van der Waals surface area contributed by atoms with Crippen LogP contribution in [0.1, 0.15) is 55.4 Å². The highest BCUT2D eigenvalue weighted by molar-refractivity contribution is 7.91. The topological polar surface area (TPSA) is 99.8 Å². The number of nitrogens with zero attached hydrogens (tertiary/aromatic N) is 3. The van der Waals surface area contributed by atoms with Crippen LogP contribution in [0.15, 0.2) is 31.9 Å². The standard InChI is InChI=1S/C19H29N5O3S2/c1-14(2)17-11-15(27-23-17)12-21-19(20-3)22-13-16-7-8-18(28-16)29(25,26)24-9-5-4-6-10-24/h7-8,11,14H,4-6,9-10,12-13H2,1-3H3,(H2,20,21,22). The molecule has 2 N–H and O–H groups in total. The number of aliphatic imine (C=N–C) groups is 1. The lowest BCUT2D eigenvalue weighted by Crippen LogP contribution is -2.36. The molecule has 160 valence electrons. The van der Waals surface area contributed by atoms with Crippen molar-refractivity contribution in [3.05, 3.63) is 34.5 Å². The van der Waals surface area contributed by atoms with E-state index in [1.165, 1.54) is 11.3 Å². The van der Waals surface area contributed by atoms with Crippen LogP contribution in [0, 0.1) is 0 Å². The molecule has 0 saturated carbocycles. The minimum absolute atomic E-state index is 0.319. The molecule has 3 rings (SSSR count). The maximum absolute atomic E-state index is 12.8. The molecule has 2 aromatic rings. The molecule has 0 aliphatic carbocycles. The Morgan fingerprint density at radius 3 is 2.62 bits per heavy atom. The van der Waals surface area contributed by atoms with Gasteiger partial charge in [-0.25, -0.2) is 8.42 Å². The van der Waals surface area contributed by atoms with E-state index in [4.69, 9.17) is 4.52 Å². The lowest BCUT2D eigenvalue weighted by Gasteiger charge is -2.25. The van der Waals surface area contributed by atoms with E-state index in [2.05, 4.69) is 34.6 Å². The summed E-state index contributed by atoms with van der Waals surface area (Å²) in [4.78, 5) is 5.14. The van der Waals surface area contributed by atoms with Crippen LogP contribution >= 0.6 is 11.3 Å². The Hall–Kier alpha value is -1.91. The van der Waals surface area contributed by atoms with Gasteiger partial charge in [0.25, 0.3) is 10.0 Å². The molecule has 10 heteroatoms. The van der Waals surface area contributed by atoms with Crippen LogP contribution in [-0.4, -0.2) is 44.0 Å². The van der Waals surface area contributed by atoms with E-state index in [1.54, 1.807) is 17.4 Å². The minimum Gasteiger partial charge on any atom is -0.359 e. The van der Waals surface area contributed by atoms with Crippen LogP contribution in [0.2, 0.25) is 0 Å². The van der Waals surface area contributed by atoms with E-state index < -0.39 is 10.0 Å². The molecule has 0 radical (unpaired) electrons. The molecule has 1 saturated heterocycles. The molecule has 0 aromatic carbocycles. The van der Waals surface area contributed by atoms with Gasteiger partial charge in [-0.3, -0.25) is 4.99 Å². The summed E-state index contributed by atoms with van der Waals surface area (Å²) in [6.45, 7) is 6.33. The van der Waals surface area contributed by atoms with E-state index in [-0.39, 0.29) is 0 Å². The molecule has 2 aromatic heterocycles. The van der Waals surface area contributed by atoms with Crippen molar-refractivity contribution in [1.29, 1.82) is 0 Å². The third-order valence-corrected chi connectivity index (χ3v) is 8.25. The Kier molecular flexibility index (Phi) is 7.31. The Morgan fingerprint density at radius 2 is 1.97 bits per heavy atom. The highest BCUT2D eigenvalue weighted by Gasteiger charge is 2.27. The number of sulfonamides is 1. The number of rotatable bonds is 7. The van der Waals surface area contributed by atoms with Crippen molar-refractivity contribution in [2.75, 3.05) is 20.1 Å². The highest BCUT2D eigenvalue weighted by atomic mass is 32.2. The molecule has 8 nitrogen and oxygen atoms in total. The van der Waals surface area contributed by atoms with Crippen molar-refractivity contribution in [2.45, 2.75) is 56.3 Å². The third-order valence-electron chi connectivity index (χ3n) is 4.80. The highest BCUT2D eigenvalue weighted by Crippen LogP contribution is 2.27. The van der Waals surface area contributed by atoms with Gasteiger partial charge in [0.05, 0.1) is 18.8 Å². The Labute approximate surface area is 176 Å². The maximum atomic E-state index is 12.8. The van der Waals surface area contributed by atoms with Gasteiger partial charge in [0.15, 0.2) is 11.7 Å². The zero-order valence-corrected chi connectivity index (χ0v) is 18.8. The van der Waals surface area contributed by atoms with Crippen LogP contribution < -0.4 is 10.6 Å². The van der Waals surface area contributed by atoms with Crippen molar-refractivity contribution < 1.29 is 12.9 Å². The molecule has 0 spiro atoms. The zero-order valence-electron chi connectivity index (χ0n) is 17.1. The van der Waals surface area contributed by atoms with Gasteiger partial charge in [-0.05, 0) is 30.9 Å². The van der Waals surface area contributed by atoms with Gasteiger partial charge < -0.3 is 15.2 Å². The van der Waals surface area contributed by atoms with E-state index in [0.717, 1.165) is 35.6 Å². The first-order chi connectivity index (χ1) is 13.9. The van der Waals surface area contributed by atoms with Crippen LogP contribution in [-0.2, 0) is 23.1 Å². The summed E-state index contributed by atoms with van der Waals surface area (Å²) in [6.07, 6.45) is 2.97. The third kappa shape index (κ3) is 5.58. The smallest absolute Gasteiger partial charge is 0.252 e. The van der Waals surface area contributed by atoms with Crippen LogP contribution in [0.3, 0.4) is 0 Å². The Bertz CT molecular complexity index is 927. The van der Waals surface area contributed by atoms with Gasteiger partial charge in [0.1, 0.15) is 4.21 Å². The average molecular weight is 440 g/mol. The molecular weight excluding hydrogens is 410 g/mol. The van der Waals surface area contributed by atoms with Crippen molar-refractivity contribution in [1.82, 2.24) is 20.1 Å². The van der Waals surface area contributed by atoms with Gasteiger partial charge >= 0.3 is 0 Å². The quantitative estimate of drug-likeness (QED) is 0.508. The number of nitrogens with one attached hydrogen (secondary N) is 2. The number of hydrogen-bond acceptors (Lipinski definition) is 6. The first-order valence-electron chi connectivity index (χ1n) is 9.89. The number of aromatic nitrogens is 1. The summed E-state index contributed by atoms with van der Waals surface area (Å²) in [7, 11) is -1.69. The SMILES string of the molecule is CN=C(NCc1cc(C(C)C)no1)NCc1ccc(S(=O)(=O)N2CCCCC2)s1. The van der Waals surface area contributed by atoms with Gasteiger partial charge in [-0.2, -0.15) is 4.31 Å². The lowest BCUT2D eigenvalue weighted by molar-refractivity contribution is 0.347. The molecule has 0 amide bonds. The van der Waals surface area contributed by atoms with E-state index >= 15 is 0 Å². The molecule has 3 heterocycles. The predicted molar refractivity (Wildman–Crippen MR) is 115 cm³/mol. The summed E-state index contributed by atoms with van der Waals surface area (Å²) in [5.41, 5.74) is 0.922. The second kappa shape index (κ2) is 9.73. The number of thiophene rings is 1. The van der Waals surface area contributed by atoms with Gasteiger partial charge in [0.2, 0.25) is 0 Å². The van der Waals surface area contributed by atoms with Gasteiger partial charge in [-0.1, -0.05) is 25.4 Å². The summed E-state index contributed by atoms with van der Waals surface area (Å²) in [5, 5.41) is 10.4. The fraction of sp³-hybridized carbons (Fsp3) is 0.579. The second-order valence-corrected chi connectivity index (χ2v) is 10.7. The summed E-state index contributed by atoms with van der Waals surface area (Å²) < 4.78 is 32.9. The Morgan fingerprint density at radius 1 is 1.24 bits per heavy atom. The predicted octanol–water partition coefficient (Wildman–Crippen LogP) is 2.90. The molecule has 29 heavy (non-hydrogen) atoms. The first kappa shape index (κ1) is 21.8. The molecule has 0 atom stereocenters. The monoisotopic (exact) mass is 439 g/mol. The average Bonchev–Trinajstić information content (AvgIpc) is 3.39. The van der Waals surface area contributed by atoms with Crippen molar-refractivity contribution in [3.8, 4) is 0 Å². The van der Waals surface area contributed by atoms with E-state index in [0.29, 0.717) is 42.3 Å². The van der Waals surface area contributed by atoms with Gasteiger partial charge in [-0.15, -0.1) is 11.3 Å². The molecule has 0 bridgehead atoms. The minimum atomic E-state index is -3.38. The van der Waals surface area contributed by atoms with Crippen LogP contribution in [0.25, 0.3) is 0 Å². The summed E-state index contributed by atoms with van der Waals surface area (Å²) >= 11 is 1.30. The lowest BCUT2D eigenvalue weighted by atomic mass is 10.1. The molecule has 1 aliphatic rings. The Balaban J connectivity index is 1.53. The van der Waals surface area contributed by atoms with E-state index in [9.17, 15) is 8.42 Å². The summed E-state index contributed by atoms with van der Waals surface area (Å²) in [6, 6.07) is 5.48. The van der Waals surface area contributed by atoms with Crippen molar-refractivity contribution in [2.24, 2.45) is 4.99 Å². The van der Waals surface area contributed by atoms with E-state index in [1.807, 2.05) is 12.1 Å². The fourth-order valence-electron chi connectivity index (χ4n) is 3.07. The molecule has 0 unspecified atom stereocenters. The van der Waals surface area contributed by atoms with Crippen molar-refractivity contribution >= 4 is 27.3 Å². The van der Waals surface area contributed by atoms with Gasteiger partial charge in [0, 0.05) is 31.1 Å². The first-order valence-corrected chi connectivity index (χ1v) is 12.1. The number of piperidine rings is 1. The summed E-state index contributed by atoms with van der Waals surface area (Å²) in [5.74, 6) is 1.67. The largest absolute Gasteiger partial charge is 0.359 e. The molecule has 1 fully saturated rings. The normalized spacial score (nSPS) is 16.3. The maximum Gasteiger partial charge on any atom is 0.252 e. The molecule has 1 aliphatic heterocycles. The zero-order chi connectivity index (χ0) is 20.9. The fourth-order valence-corrected chi connectivity index (χ4v) is 6.04. The van der Waals surface area contributed by atoms with Crippen LogP contribution in [0.5, 0.6) is 0 Å². The van der Waals surface area contributed by atoms with Crippen molar-refractivity contribution in [3.63, 3.8) is 0 Å². The van der Waals surface area contributed by atoms with Crippen LogP contribution in [0.4, 0.5) is 0 Å². The number of hydrogen-bond donors (Lipinski definition) is 2. The molecular formula is C19H29N5O3S2. The number of guanidine groups is 1.